The second kappa shape index (κ2) is 14.5. The second-order valence-corrected chi connectivity index (χ2v) is 17.5. The normalized spacial score (nSPS) is 39.0. The number of hydrogen-bond donors (Lipinski definition) is 0. The Hall–Kier alpha value is -1.44. The van der Waals surface area contributed by atoms with E-state index in [0.717, 1.165) is 36.8 Å². The Morgan fingerprint density at radius 1 is 0.796 bits per heavy atom. The summed E-state index contributed by atoms with van der Waals surface area (Å²) in [7, 11) is 0. The third kappa shape index (κ3) is 6.06. The number of carbonyl (C=O) groups is 2. The van der Waals surface area contributed by atoms with Crippen LogP contribution in [0.15, 0.2) is 11.1 Å². The lowest BCUT2D eigenvalue weighted by Crippen LogP contribution is -2.70. The van der Waals surface area contributed by atoms with Crippen LogP contribution in [0.3, 0.4) is 0 Å². The summed E-state index contributed by atoms with van der Waals surface area (Å²) in [6.45, 7) is 9.36. The largest absolute Gasteiger partial charge is 0.458 e. The van der Waals surface area contributed by atoms with Gasteiger partial charge in [-0.1, -0.05) is 143 Å². The molecule has 3 saturated heterocycles. The molecule has 7 rings (SSSR count). The van der Waals surface area contributed by atoms with Crippen molar-refractivity contribution in [3.8, 4) is 0 Å². The van der Waals surface area contributed by atoms with Crippen molar-refractivity contribution in [3.05, 3.63) is 11.1 Å². The molecule has 7 heteroatoms. The van der Waals surface area contributed by atoms with E-state index >= 15 is 0 Å². The van der Waals surface area contributed by atoms with Gasteiger partial charge in [0.15, 0.2) is 11.7 Å². The number of carbonyl (C=O) groups excluding carboxylic acids is 2. The number of unbranched alkanes of at least 4 members (excludes halogenated alkanes) is 18. The van der Waals surface area contributed by atoms with E-state index in [0.29, 0.717) is 19.4 Å². The van der Waals surface area contributed by atoms with Crippen molar-refractivity contribution in [1.29, 1.82) is 0 Å². The van der Waals surface area contributed by atoms with Gasteiger partial charge in [-0.25, -0.2) is 4.79 Å². The molecule has 4 aliphatic heterocycles. The maximum atomic E-state index is 13.5. The SMILES string of the molecule is CCCCCCCCCCCCCCCCCCCCCC(=O)O[C@@H]1[C@@]2(C(C)C)OC2[C@@H]2O[C@]23[C@]12O[C@H]2CC1C2=C(CC[C@@]13C)C(=O)OC2. The number of epoxide rings is 3. The number of esters is 2. The maximum Gasteiger partial charge on any atom is 0.334 e. The molecule has 49 heavy (non-hydrogen) atoms. The fourth-order valence-corrected chi connectivity index (χ4v) is 11.4. The molecule has 4 heterocycles. The Bertz CT molecular complexity index is 1240. The van der Waals surface area contributed by atoms with Gasteiger partial charge in [-0.3, -0.25) is 4.79 Å². The van der Waals surface area contributed by atoms with Crippen LogP contribution in [0.4, 0.5) is 0 Å². The van der Waals surface area contributed by atoms with Gasteiger partial charge in [0, 0.05) is 17.4 Å². The first-order valence-electron chi connectivity index (χ1n) is 20.9. The van der Waals surface area contributed by atoms with Crippen molar-refractivity contribution in [1.82, 2.24) is 0 Å². The highest BCUT2D eigenvalue weighted by Crippen LogP contribution is 2.83. The molecule has 2 saturated carbocycles. The molecule has 7 aliphatic rings. The third-order valence-electron chi connectivity index (χ3n) is 14.3. The Balaban J connectivity index is 0.809. The molecule has 0 radical (unpaired) electrons. The van der Waals surface area contributed by atoms with Crippen LogP contribution in [-0.4, -0.2) is 59.8 Å². The lowest BCUT2D eigenvalue weighted by Gasteiger charge is -2.53. The lowest BCUT2D eigenvalue weighted by molar-refractivity contribution is -0.169. The van der Waals surface area contributed by atoms with E-state index in [1.54, 1.807) is 0 Å². The predicted molar refractivity (Wildman–Crippen MR) is 189 cm³/mol. The number of ether oxygens (including phenoxy) is 5. The molecule has 0 amide bonds. The summed E-state index contributed by atoms with van der Waals surface area (Å²) < 4.78 is 32.2. The fraction of sp³-hybridized carbons (Fsp3) is 0.905. The van der Waals surface area contributed by atoms with E-state index in [2.05, 4.69) is 27.7 Å². The molecule has 0 aromatic carbocycles. The van der Waals surface area contributed by atoms with Crippen molar-refractivity contribution in [3.63, 3.8) is 0 Å². The van der Waals surface area contributed by atoms with Gasteiger partial charge in [0.05, 0.1) is 6.10 Å². The highest BCUT2D eigenvalue weighted by molar-refractivity contribution is 5.92. The van der Waals surface area contributed by atoms with Crippen LogP contribution >= 0.6 is 0 Å². The molecular formula is C42H66O7. The minimum atomic E-state index is -0.662. The summed E-state index contributed by atoms with van der Waals surface area (Å²) >= 11 is 0. The van der Waals surface area contributed by atoms with E-state index < -0.39 is 22.9 Å². The van der Waals surface area contributed by atoms with E-state index in [1.165, 1.54) is 109 Å². The predicted octanol–water partition coefficient (Wildman–Crippen LogP) is 9.48. The summed E-state index contributed by atoms with van der Waals surface area (Å²) in [6.07, 6.45) is 27.6. The Labute approximate surface area is 296 Å². The first-order chi connectivity index (χ1) is 23.8. The average Bonchev–Trinajstić information content (AvgIpc) is 4.00. The lowest BCUT2D eigenvalue weighted by atomic mass is 9.46. The third-order valence-corrected chi connectivity index (χ3v) is 14.3. The van der Waals surface area contributed by atoms with Crippen LogP contribution in [0.1, 0.15) is 175 Å². The molecule has 2 spiro atoms. The first kappa shape index (κ1) is 35.9. The van der Waals surface area contributed by atoms with Gasteiger partial charge in [-0.15, -0.1) is 0 Å². The fourth-order valence-electron chi connectivity index (χ4n) is 11.4. The molecule has 2 unspecified atom stereocenters. The van der Waals surface area contributed by atoms with Crippen LogP contribution in [0.2, 0.25) is 0 Å². The van der Waals surface area contributed by atoms with E-state index in [9.17, 15) is 9.59 Å². The molecule has 0 aromatic heterocycles. The van der Waals surface area contributed by atoms with E-state index in [4.69, 9.17) is 23.7 Å². The zero-order chi connectivity index (χ0) is 34.3. The molecule has 9 atom stereocenters. The first-order valence-corrected chi connectivity index (χ1v) is 20.9. The van der Waals surface area contributed by atoms with Crippen molar-refractivity contribution < 1.29 is 33.3 Å². The van der Waals surface area contributed by atoms with Crippen LogP contribution in [-0.2, 0) is 33.3 Å². The van der Waals surface area contributed by atoms with Gasteiger partial charge >= 0.3 is 11.9 Å². The quantitative estimate of drug-likeness (QED) is 0.0638. The molecule has 0 aromatic rings. The minimum Gasteiger partial charge on any atom is -0.458 e. The minimum absolute atomic E-state index is 0.0532. The van der Waals surface area contributed by atoms with Crippen LogP contribution in [0.25, 0.3) is 0 Å². The molecule has 5 fully saturated rings. The van der Waals surface area contributed by atoms with Crippen LogP contribution in [0, 0.1) is 17.3 Å². The van der Waals surface area contributed by atoms with Gasteiger partial charge in [0.2, 0.25) is 0 Å². The molecule has 0 N–H and O–H groups in total. The zero-order valence-electron chi connectivity index (χ0n) is 31.3. The standard InChI is InChI=1S/C42H66O7/c1-5-6-7-8-9-10-11-12-13-14-15-16-17-18-19-20-21-22-23-24-34(43)46-38-40(29(2)3)35(48-40)36-42(49-36)39(4)26-25-30-31(28-45-37(30)44)32(39)27-33-41(38,42)47-33/h29,32-33,35-36,38H,5-28H2,1-4H3/t32?,33-,35?,36-,38+,39-,40-,41+,42+/m0/s1. The summed E-state index contributed by atoms with van der Waals surface area (Å²) in [6, 6.07) is 0. The average molecular weight is 683 g/mol. The maximum absolute atomic E-state index is 13.5. The van der Waals surface area contributed by atoms with Crippen molar-refractivity contribution in [2.45, 2.75) is 217 Å². The van der Waals surface area contributed by atoms with Gasteiger partial charge in [0.25, 0.3) is 0 Å². The molecule has 3 aliphatic carbocycles. The number of rotatable bonds is 22. The molecule has 0 bridgehead atoms. The molecule has 276 valence electrons. The van der Waals surface area contributed by atoms with Crippen LogP contribution < -0.4 is 0 Å². The van der Waals surface area contributed by atoms with E-state index in [1.807, 2.05) is 0 Å². The van der Waals surface area contributed by atoms with Gasteiger partial charge < -0.3 is 23.7 Å². The topological polar surface area (TPSA) is 90.2 Å². The van der Waals surface area contributed by atoms with Crippen molar-refractivity contribution >= 4 is 11.9 Å². The van der Waals surface area contributed by atoms with Gasteiger partial charge in [-0.05, 0) is 43.1 Å². The Kier molecular flexibility index (Phi) is 10.7. The molecule has 7 nitrogen and oxygen atoms in total. The number of cyclic esters (lactones) is 1. The highest BCUT2D eigenvalue weighted by Gasteiger charge is 3.01. The Morgan fingerprint density at radius 3 is 1.94 bits per heavy atom. The summed E-state index contributed by atoms with van der Waals surface area (Å²) in [5.41, 5.74) is 0.0608. The number of hydrogen-bond acceptors (Lipinski definition) is 7. The summed E-state index contributed by atoms with van der Waals surface area (Å²) in [5.74, 6) is 0.0870. The van der Waals surface area contributed by atoms with Crippen molar-refractivity contribution in [2.24, 2.45) is 17.3 Å². The summed E-state index contributed by atoms with van der Waals surface area (Å²) in [4.78, 5) is 25.9. The highest BCUT2D eigenvalue weighted by atomic mass is 16.8. The zero-order valence-corrected chi connectivity index (χ0v) is 31.3. The number of fused-ring (bicyclic) bond motifs is 4. The van der Waals surface area contributed by atoms with Gasteiger partial charge in [-0.2, -0.15) is 0 Å². The van der Waals surface area contributed by atoms with E-state index in [-0.39, 0.29) is 47.5 Å². The monoisotopic (exact) mass is 682 g/mol. The summed E-state index contributed by atoms with van der Waals surface area (Å²) in [5, 5.41) is 0. The Morgan fingerprint density at radius 2 is 1.37 bits per heavy atom. The molecular weight excluding hydrogens is 616 g/mol. The van der Waals surface area contributed by atoms with Gasteiger partial charge in [0.1, 0.15) is 30.0 Å². The smallest absolute Gasteiger partial charge is 0.334 e. The van der Waals surface area contributed by atoms with Crippen molar-refractivity contribution in [2.75, 3.05) is 6.61 Å². The second-order valence-electron chi connectivity index (χ2n) is 17.5. The van der Waals surface area contributed by atoms with Crippen LogP contribution in [0.5, 0.6) is 0 Å².